The van der Waals surface area contributed by atoms with Gasteiger partial charge in [0.25, 0.3) is 0 Å². The Bertz CT molecular complexity index is 213. The van der Waals surface area contributed by atoms with E-state index in [0.717, 1.165) is 0 Å². The second-order valence-electron chi connectivity index (χ2n) is 1.90. The van der Waals surface area contributed by atoms with Gasteiger partial charge in [0.05, 0.1) is 12.4 Å². The number of phenolic OH excluding ortho intramolecular Hbond substituents is 1. The first-order chi connectivity index (χ1) is 4.84. The van der Waals surface area contributed by atoms with Crippen LogP contribution in [-0.4, -0.2) is 11.8 Å². The van der Waals surface area contributed by atoms with Crippen LogP contribution in [0.25, 0.3) is 0 Å². The van der Waals surface area contributed by atoms with Crippen molar-refractivity contribution < 1.29 is 5.11 Å². The van der Waals surface area contributed by atoms with Crippen molar-refractivity contribution in [2.75, 3.05) is 12.0 Å². The highest BCUT2D eigenvalue weighted by molar-refractivity contribution is 5.54. The van der Waals surface area contributed by atoms with E-state index in [1.165, 1.54) is 0 Å². The lowest BCUT2D eigenvalue weighted by Gasteiger charge is -2.03. The Kier molecular flexibility index (Phi) is 2.12. The van der Waals surface area contributed by atoms with Gasteiger partial charge in [-0.15, -0.1) is 0 Å². The lowest BCUT2D eigenvalue weighted by atomic mass is 10.3. The molecule has 0 radical (unpaired) electrons. The predicted octanol–water partition coefficient (Wildman–Crippen LogP) is 0.720. The molecule has 10 heavy (non-hydrogen) atoms. The summed E-state index contributed by atoms with van der Waals surface area (Å²) in [5.41, 5.74) is 5.88. The SMILES string of the molecule is NCNc1ccccc1O. The largest absolute Gasteiger partial charge is 0.506 e. The maximum atomic E-state index is 9.12. The Morgan fingerprint density at radius 3 is 2.70 bits per heavy atom. The molecular weight excluding hydrogens is 128 g/mol. The van der Waals surface area contributed by atoms with E-state index in [1.807, 2.05) is 6.07 Å². The van der Waals surface area contributed by atoms with Crippen molar-refractivity contribution in [3.8, 4) is 5.75 Å². The average Bonchev–Trinajstić information content (AvgIpc) is 1.94. The number of benzene rings is 1. The van der Waals surface area contributed by atoms with Gasteiger partial charge in [0.2, 0.25) is 0 Å². The zero-order valence-electron chi connectivity index (χ0n) is 5.54. The standard InChI is InChI=1S/C7H10N2O/c8-5-9-6-3-1-2-4-7(6)10/h1-4,9-10H,5,8H2. The summed E-state index contributed by atoms with van der Waals surface area (Å²) in [6.07, 6.45) is 0. The van der Waals surface area contributed by atoms with Gasteiger partial charge in [-0.3, -0.25) is 0 Å². The number of aromatic hydroxyl groups is 1. The molecule has 0 aliphatic heterocycles. The molecule has 0 fully saturated rings. The maximum Gasteiger partial charge on any atom is 0.138 e. The summed E-state index contributed by atoms with van der Waals surface area (Å²) in [7, 11) is 0. The number of nitrogens with two attached hydrogens (primary N) is 1. The van der Waals surface area contributed by atoms with Gasteiger partial charge in [0.15, 0.2) is 0 Å². The lowest BCUT2D eigenvalue weighted by Crippen LogP contribution is -2.10. The zero-order chi connectivity index (χ0) is 7.40. The fourth-order valence-corrected chi connectivity index (χ4v) is 0.733. The van der Waals surface area contributed by atoms with E-state index in [9.17, 15) is 0 Å². The van der Waals surface area contributed by atoms with Crippen molar-refractivity contribution >= 4 is 5.69 Å². The predicted molar refractivity (Wildman–Crippen MR) is 40.8 cm³/mol. The van der Waals surface area contributed by atoms with Crippen molar-refractivity contribution in [2.24, 2.45) is 5.73 Å². The summed E-state index contributed by atoms with van der Waals surface area (Å²) >= 11 is 0. The number of rotatable bonds is 2. The Hall–Kier alpha value is -1.22. The zero-order valence-corrected chi connectivity index (χ0v) is 5.54. The van der Waals surface area contributed by atoms with Crippen molar-refractivity contribution in [1.29, 1.82) is 0 Å². The van der Waals surface area contributed by atoms with Gasteiger partial charge in [-0.25, -0.2) is 0 Å². The first-order valence-corrected chi connectivity index (χ1v) is 3.06. The molecule has 0 aromatic heterocycles. The van der Waals surface area contributed by atoms with E-state index in [1.54, 1.807) is 18.2 Å². The Balaban J connectivity index is 2.81. The van der Waals surface area contributed by atoms with E-state index >= 15 is 0 Å². The second kappa shape index (κ2) is 3.08. The number of nitrogens with one attached hydrogen (secondary N) is 1. The van der Waals surface area contributed by atoms with E-state index < -0.39 is 0 Å². The number of phenols is 1. The molecular formula is C7H10N2O. The molecule has 3 nitrogen and oxygen atoms in total. The molecule has 0 amide bonds. The molecule has 54 valence electrons. The van der Waals surface area contributed by atoms with Crippen molar-refractivity contribution in [3.63, 3.8) is 0 Å². The van der Waals surface area contributed by atoms with Crippen LogP contribution >= 0.6 is 0 Å². The molecule has 0 aliphatic carbocycles. The molecule has 1 aromatic rings. The van der Waals surface area contributed by atoms with Gasteiger partial charge >= 0.3 is 0 Å². The van der Waals surface area contributed by atoms with Gasteiger partial charge in [-0.05, 0) is 12.1 Å². The maximum absolute atomic E-state index is 9.12. The number of hydrogen-bond donors (Lipinski definition) is 3. The fourth-order valence-electron chi connectivity index (χ4n) is 0.733. The van der Waals surface area contributed by atoms with Crippen molar-refractivity contribution in [3.05, 3.63) is 24.3 Å². The van der Waals surface area contributed by atoms with Crippen molar-refractivity contribution in [2.45, 2.75) is 0 Å². The topological polar surface area (TPSA) is 58.3 Å². The van der Waals surface area contributed by atoms with E-state index in [4.69, 9.17) is 10.8 Å². The van der Waals surface area contributed by atoms with Gasteiger partial charge in [0, 0.05) is 0 Å². The summed E-state index contributed by atoms with van der Waals surface area (Å²) in [6.45, 7) is 0.331. The fraction of sp³-hybridized carbons (Fsp3) is 0.143. The molecule has 3 heteroatoms. The molecule has 0 unspecified atom stereocenters. The van der Waals surface area contributed by atoms with Gasteiger partial charge in [0.1, 0.15) is 5.75 Å². The lowest BCUT2D eigenvalue weighted by molar-refractivity contribution is 0.477. The molecule has 4 N–H and O–H groups in total. The molecule has 0 spiro atoms. The summed E-state index contributed by atoms with van der Waals surface area (Å²) in [6, 6.07) is 6.97. The molecule has 0 heterocycles. The Morgan fingerprint density at radius 1 is 1.40 bits per heavy atom. The van der Waals surface area contributed by atoms with Crippen LogP contribution in [0.5, 0.6) is 5.75 Å². The van der Waals surface area contributed by atoms with Crippen LogP contribution in [0.1, 0.15) is 0 Å². The van der Waals surface area contributed by atoms with Crippen LogP contribution in [0, 0.1) is 0 Å². The first kappa shape index (κ1) is 6.89. The van der Waals surface area contributed by atoms with Gasteiger partial charge < -0.3 is 16.2 Å². The third-order valence-corrected chi connectivity index (χ3v) is 1.20. The van der Waals surface area contributed by atoms with Crippen LogP contribution in [0.2, 0.25) is 0 Å². The van der Waals surface area contributed by atoms with Gasteiger partial charge in [-0.2, -0.15) is 0 Å². The second-order valence-corrected chi connectivity index (χ2v) is 1.90. The summed E-state index contributed by atoms with van der Waals surface area (Å²) in [5, 5.41) is 11.9. The van der Waals surface area contributed by atoms with Crippen LogP contribution in [0.3, 0.4) is 0 Å². The normalized spacial score (nSPS) is 9.30. The highest BCUT2D eigenvalue weighted by Gasteiger charge is 1.93. The molecule has 0 bridgehead atoms. The number of hydrogen-bond acceptors (Lipinski definition) is 3. The van der Waals surface area contributed by atoms with Crippen LogP contribution < -0.4 is 11.1 Å². The third-order valence-electron chi connectivity index (χ3n) is 1.20. The third kappa shape index (κ3) is 1.39. The highest BCUT2D eigenvalue weighted by Crippen LogP contribution is 2.20. The highest BCUT2D eigenvalue weighted by atomic mass is 16.3. The minimum atomic E-state index is 0.230. The minimum absolute atomic E-state index is 0.230. The smallest absolute Gasteiger partial charge is 0.138 e. The van der Waals surface area contributed by atoms with E-state index in [0.29, 0.717) is 12.4 Å². The molecule has 1 aromatic carbocycles. The van der Waals surface area contributed by atoms with Crippen LogP contribution in [0.15, 0.2) is 24.3 Å². The summed E-state index contributed by atoms with van der Waals surface area (Å²) in [4.78, 5) is 0. The molecule has 0 saturated heterocycles. The molecule has 0 aliphatic rings. The minimum Gasteiger partial charge on any atom is -0.506 e. The number of anilines is 1. The van der Waals surface area contributed by atoms with E-state index in [2.05, 4.69) is 5.32 Å². The van der Waals surface area contributed by atoms with Crippen LogP contribution in [0.4, 0.5) is 5.69 Å². The Morgan fingerprint density at radius 2 is 2.10 bits per heavy atom. The Labute approximate surface area is 59.5 Å². The first-order valence-electron chi connectivity index (χ1n) is 3.06. The quantitative estimate of drug-likeness (QED) is 0.417. The average molecular weight is 138 g/mol. The summed E-state index contributed by atoms with van der Waals surface area (Å²) in [5.74, 6) is 0.230. The van der Waals surface area contributed by atoms with Gasteiger partial charge in [-0.1, -0.05) is 12.1 Å². The van der Waals surface area contributed by atoms with Crippen LogP contribution in [-0.2, 0) is 0 Å². The van der Waals surface area contributed by atoms with Crippen molar-refractivity contribution in [1.82, 2.24) is 0 Å². The molecule has 0 atom stereocenters. The molecule has 0 saturated carbocycles. The monoisotopic (exact) mass is 138 g/mol. The molecule has 1 rings (SSSR count). The van der Waals surface area contributed by atoms with E-state index in [-0.39, 0.29) is 5.75 Å². The number of para-hydroxylation sites is 2. The summed E-state index contributed by atoms with van der Waals surface area (Å²) < 4.78 is 0.